The quantitative estimate of drug-likeness (QED) is 0.259. The monoisotopic (exact) mass is 573 g/mol. The summed E-state index contributed by atoms with van der Waals surface area (Å²) in [5, 5.41) is 2.95. The predicted octanol–water partition coefficient (Wildman–Crippen LogP) is 3.66. The number of ether oxygens (including phenoxy) is 3. The summed E-state index contributed by atoms with van der Waals surface area (Å²) >= 11 is 0.730. The van der Waals surface area contributed by atoms with Crippen LogP contribution in [0, 0.1) is 0 Å². The minimum atomic E-state index is -1.17. The van der Waals surface area contributed by atoms with Crippen molar-refractivity contribution in [2.75, 3.05) is 24.0 Å². The van der Waals surface area contributed by atoms with Gasteiger partial charge in [-0.15, -0.1) is 0 Å². The normalized spacial score (nSPS) is 12.4. The minimum Gasteiger partial charge on any atom is -0.494 e. The van der Waals surface area contributed by atoms with Gasteiger partial charge in [-0.25, -0.2) is 0 Å². The van der Waals surface area contributed by atoms with Crippen molar-refractivity contribution >= 4 is 40.6 Å². The van der Waals surface area contributed by atoms with Crippen LogP contribution in [-0.2, 0) is 11.3 Å². The molecule has 210 valence electrons. The van der Waals surface area contributed by atoms with Crippen LogP contribution in [-0.4, -0.2) is 35.5 Å². The molecule has 3 amide bonds. The van der Waals surface area contributed by atoms with Gasteiger partial charge >= 0.3 is 0 Å². The molecule has 0 radical (unpaired) electrons. The van der Waals surface area contributed by atoms with Crippen molar-refractivity contribution in [3.05, 3.63) is 94.5 Å². The summed E-state index contributed by atoms with van der Waals surface area (Å²) < 4.78 is 20.6. The highest BCUT2D eigenvalue weighted by Crippen LogP contribution is 2.40. The van der Waals surface area contributed by atoms with Gasteiger partial charge in [0.25, 0.3) is 11.8 Å². The van der Waals surface area contributed by atoms with Gasteiger partial charge in [0.2, 0.25) is 12.7 Å². The maximum atomic E-state index is 14.3. The van der Waals surface area contributed by atoms with Crippen LogP contribution in [0.1, 0.15) is 44.3 Å². The highest BCUT2D eigenvalue weighted by Gasteiger charge is 2.36. The second-order valence-corrected chi connectivity index (χ2v) is 9.73. The smallest absolute Gasteiger partial charge is 0.273 e. The van der Waals surface area contributed by atoms with Gasteiger partial charge in [0.05, 0.1) is 12.3 Å². The standard InChI is InChI=1S/C29H27N5O6S/c1-2-38-20-11-8-18(9-12-20)25(28(36)32-15-17-6-4-3-5-7-17)34(19-10-13-21-22(14-19)40-16-39-21)29(37)26-23(30)24(27(31)35)33-41-26/h3-14,25H,2,15-16,30H2,1H3,(H2,31,35)(H,32,36). The second-order valence-electron chi connectivity index (χ2n) is 8.96. The number of nitrogen functional groups attached to an aromatic ring is 1. The molecule has 0 spiro atoms. The first-order valence-electron chi connectivity index (χ1n) is 12.7. The van der Waals surface area contributed by atoms with Crippen molar-refractivity contribution in [3.8, 4) is 17.2 Å². The lowest BCUT2D eigenvalue weighted by Crippen LogP contribution is -2.44. The topological polar surface area (TPSA) is 159 Å². The lowest BCUT2D eigenvalue weighted by atomic mass is 10.0. The van der Waals surface area contributed by atoms with E-state index in [1.165, 1.54) is 4.90 Å². The predicted molar refractivity (Wildman–Crippen MR) is 153 cm³/mol. The first kappa shape index (κ1) is 27.5. The fraction of sp³-hybridized carbons (Fsp3) is 0.172. The van der Waals surface area contributed by atoms with Crippen LogP contribution in [0.15, 0.2) is 72.8 Å². The van der Waals surface area contributed by atoms with Crippen molar-refractivity contribution in [2.45, 2.75) is 19.5 Å². The lowest BCUT2D eigenvalue weighted by Gasteiger charge is -2.31. The van der Waals surface area contributed by atoms with E-state index in [0.717, 1.165) is 17.1 Å². The molecule has 0 saturated carbocycles. The van der Waals surface area contributed by atoms with Gasteiger partial charge in [0.1, 0.15) is 16.7 Å². The summed E-state index contributed by atoms with van der Waals surface area (Å²) in [5.74, 6) is -0.456. The molecule has 5 N–H and O–H groups in total. The van der Waals surface area contributed by atoms with Crippen molar-refractivity contribution in [3.63, 3.8) is 0 Å². The molecular weight excluding hydrogens is 546 g/mol. The third-order valence-electron chi connectivity index (χ3n) is 6.33. The lowest BCUT2D eigenvalue weighted by molar-refractivity contribution is -0.122. The number of benzene rings is 3. The van der Waals surface area contributed by atoms with Crippen LogP contribution in [0.2, 0.25) is 0 Å². The molecule has 1 unspecified atom stereocenters. The summed E-state index contributed by atoms with van der Waals surface area (Å²) in [6, 6.07) is 20.0. The maximum Gasteiger partial charge on any atom is 0.273 e. The SMILES string of the molecule is CCOc1ccc(C(C(=O)NCc2ccccc2)N(C(=O)c2snc(C(N)=O)c2N)c2ccc3c(c2)OCO3)cc1. The van der Waals surface area contributed by atoms with Crippen molar-refractivity contribution < 1.29 is 28.6 Å². The molecule has 12 heteroatoms. The second kappa shape index (κ2) is 12.0. The van der Waals surface area contributed by atoms with E-state index in [9.17, 15) is 14.4 Å². The molecule has 3 aromatic carbocycles. The van der Waals surface area contributed by atoms with E-state index >= 15 is 0 Å². The van der Waals surface area contributed by atoms with Gasteiger partial charge in [-0.2, -0.15) is 4.37 Å². The van der Waals surface area contributed by atoms with E-state index in [-0.39, 0.29) is 29.6 Å². The van der Waals surface area contributed by atoms with Crippen LogP contribution < -0.4 is 35.9 Å². The molecule has 1 aliphatic rings. The highest BCUT2D eigenvalue weighted by atomic mass is 32.1. The van der Waals surface area contributed by atoms with Gasteiger partial charge in [0.15, 0.2) is 17.2 Å². The molecule has 1 atom stereocenters. The Morgan fingerprint density at radius 1 is 1.05 bits per heavy atom. The van der Waals surface area contributed by atoms with E-state index in [4.69, 9.17) is 25.7 Å². The molecule has 4 aromatic rings. The Kier molecular flexibility index (Phi) is 8.01. The molecule has 0 saturated heterocycles. The van der Waals surface area contributed by atoms with Crippen molar-refractivity contribution in [2.24, 2.45) is 5.73 Å². The summed E-state index contributed by atoms with van der Waals surface area (Å²) in [4.78, 5) is 41.4. The Bertz CT molecular complexity index is 1570. The van der Waals surface area contributed by atoms with E-state index in [0.29, 0.717) is 35.1 Å². The molecule has 0 aliphatic carbocycles. The van der Waals surface area contributed by atoms with Crippen LogP contribution in [0.25, 0.3) is 0 Å². The first-order valence-corrected chi connectivity index (χ1v) is 13.5. The number of nitrogens with one attached hydrogen (secondary N) is 1. The van der Waals surface area contributed by atoms with Gasteiger partial charge in [-0.05, 0) is 53.8 Å². The van der Waals surface area contributed by atoms with Crippen LogP contribution >= 0.6 is 11.5 Å². The summed E-state index contributed by atoms with van der Waals surface area (Å²) in [5.41, 5.74) is 12.9. The largest absolute Gasteiger partial charge is 0.494 e. The molecule has 11 nitrogen and oxygen atoms in total. The fourth-order valence-electron chi connectivity index (χ4n) is 4.37. The number of fused-ring (bicyclic) bond motifs is 1. The third kappa shape index (κ3) is 5.77. The Labute approximate surface area is 239 Å². The molecule has 41 heavy (non-hydrogen) atoms. The summed E-state index contributed by atoms with van der Waals surface area (Å²) in [7, 11) is 0. The number of carbonyl (C=O) groups is 3. The van der Waals surface area contributed by atoms with Crippen molar-refractivity contribution in [1.82, 2.24) is 9.69 Å². The van der Waals surface area contributed by atoms with Gasteiger partial charge in [-0.3, -0.25) is 19.3 Å². The number of anilines is 2. The molecule has 5 rings (SSSR count). The number of amides is 3. The summed E-state index contributed by atoms with van der Waals surface area (Å²) in [6.07, 6.45) is 0. The van der Waals surface area contributed by atoms with E-state index in [1.54, 1.807) is 42.5 Å². The Morgan fingerprint density at radius 3 is 2.46 bits per heavy atom. The zero-order chi connectivity index (χ0) is 28.9. The number of nitrogens with zero attached hydrogens (tertiary/aromatic N) is 2. The fourth-order valence-corrected chi connectivity index (χ4v) is 5.11. The third-order valence-corrected chi connectivity index (χ3v) is 7.18. The van der Waals surface area contributed by atoms with Crippen molar-refractivity contribution in [1.29, 1.82) is 0 Å². The number of hydrogen-bond donors (Lipinski definition) is 3. The Morgan fingerprint density at radius 2 is 1.78 bits per heavy atom. The Balaban J connectivity index is 1.62. The van der Waals surface area contributed by atoms with E-state index < -0.39 is 23.8 Å². The number of nitrogens with two attached hydrogens (primary N) is 2. The molecule has 1 aromatic heterocycles. The zero-order valence-electron chi connectivity index (χ0n) is 22.0. The maximum absolute atomic E-state index is 14.3. The average Bonchev–Trinajstić information content (AvgIpc) is 3.61. The molecule has 1 aliphatic heterocycles. The number of primary amides is 1. The highest BCUT2D eigenvalue weighted by molar-refractivity contribution is 7.09. The number of carbonyl (C=O) groups excluding carboxylic acids is 3. The van der Waals surface area contributed by atoms with Crippen LogP contribution in [0.5, 0.6) is 17.2 Å². The number of hydrogen-bond acceptors (Lipinski definition) is 9. The Hall–Kier alpha value is -5.10. The van der Waals surface area contributed by atoms with Gasteiger partial charge in [0, 0.05) is 18.3 Å². The van der Waals surface area contributed by atoms with Gasteiger partial charge in [-0.1, -0.05) is 42.5 Å². The average molecular weight is 574 g/mol. The zero-order valence-corrected chi connectivity index (χ0v) is 22.9. The molecular formula is C29H27N5O6S. The number of aromatic nitrogens is 1. The number of rotatable bonds is 10. The van der Waals surface area contributed by atoms with Gasteiger partial charge < -0.3 is 31.0 Å². The summed E-state index contributed by atoms with van der Waals surface area (Å²) in [6.45, 7) is 2.59. The minimum absolute atomic E-state index is 0.0242. The van der Waals surface area contributed by atoms with E-state index in [2.05, 4.69) is 9.69 Å². The molecule has 0 fully saturated rings. The van der Waals surface area contributed by atoms with Crippen LogP contribution in [0.4, 0.5) is 11.4 Å². The van der Waals surface area contributed by atoms with Crippen LogP contribution in [0.3, 0.4) is 0 Å². The molecule has 0 bridgehead atoms. The first-order chi connectivity index (χ1) is 19.9. The van der Waals surface area contributed by atoms with E-state index in [1.807, 2.05) is 37.3 Å². The molecule has 2 heterocycles.